The normalized spacial score (nSPS) is 16.9. The second-order valence-electron chi connectivity index (χ2n) is 7.94. The van der Waals surface area contributed by atoms with Gasteiger partial charge in [0.15, 0.2) is 11.7 Å². The van der Waals surface area contributed by atoms with Crippen LogP contribution in [0.4, 0.5) is 5.13 Å². The van der Waals surface area contributed by atoms with Crippen molar-refractivity contribution in [1.82, 2.24) is 4.98 Å². The lowest BCUT2D eigenvalue weighted by atomic mass is 9.73. The van der Waals surface area contributed by atoms with Gasteiger partial charge in [0.1, 0.15) is 5.75 Å². The summed E-state index contributed by atoms with van der Waals surface area (Å²) in [7, 11) is 0. The van der Waals surface area contributed by atoms with E-state index in [2.05, 4.69) is 31.1 Å². The van der Waals surface area contributed by atoms with Crippen LogP contribution in [0.15, 0.2) is 18.2 Å². The number of ether oxygens (including phenoxy) is 1. The average molecular weight is 393 g/mol. The number of hydrogen-bond donors (Lipinski definition) is 1. The maximum absolute atomic E-state index is 12.2. The topological polar surface area (TPSA) is 51.2 Å². The maximum Gasteiger partial charge on any atom is 0.264 e. The Bertz CT molecular complexity index is 811. The summed E-state index contributed by atoms with van der Waals surface area (Å²) in [4.78, 5) is 18.1. The first-order valence-electron chi connectivity index (χ1n) is 8.90. The number of benzene rings is 1. The molecular weight excluding hydrogens is 368 g/mol. The highest BCUT2D eigenvalue weighted by Crippen LogP contribution is 2.40. The van der Waals surface area contributed by atoms with E-state index >= 15 is 0 Å². The molecule has 0 saturated heterocycles. The number of thiazole rings is 1. The van der Waals surface area contributed by atoms with Crippen molar-refractivity contribution >= 4 is 34.0 Å². The number of aromatic nitrogens is 1. The number of nitrogens with one attached hydrogen (secondary N) is 1. The first kappa shape index (κ1) is 19.2. The molecule has 0 aliphatic heterocycles. The summed E-state index contributed by atoms with van der Waals surface area (Å²) >= 11 is 7.59. The van der Waals surface area contributed by atoms with Gasteiger partial charge in [0, 0.05) is 9.90 Å². The molecule has 0 fully saturated rings. The van der Waals surface area contributed by atoms with Crippen LogP contribution in [0.3, 0.4) is 0 Å². The van der Waals surface area contributed by atoms with Crippen LogP contribution in [0.2, 0.25) is 5.02 Å². The van der Waals surface area contributed by atoms with Crippen molar-refractivity contribution < 1.29 is 9.53 Å². The molecule has 0 spiro atoms. The van der Waals surface area contributed by atoms with Gasteiger partial charge in [-0.1, -0.05) is 32.4 Å². The molecule has 4 nitrogen and oxygen atoms in total. The van der Waals surface area contributed by atoms with Gasteiger partial charge in [0.2, 0.25) is 0 Å². The number of aryl methyl sites for hydroxylation is 2. The number of amides is 1. The van der Waals surface area contributed by atoms with Crippen molar-refractivity contribution in [3.05, 3.63) is 39.4 Å². The lowest BCUT2D eigenvalue weighted by Gasteiger charge is -2.33. The molecule has 1 aromatic carbocycles. The molecule has 0 radical (unpaired) electrons. The second-order valence-corrected chi connectivity index (χ2v) is 9.43. The number of hydrogen-bond acceptors (Lipinski definition) is 4. The Morgan fingerprint density at radius 2 is 2.19 bits per heavy atom. The standard InChI is InChI=1S/C20H25ClN2O2S/c1-12-9-14(6-7-15(12)21)25-11-18(24)23-19-22-16-8-5-13(20(2,3)4)10-17(16)26-19/h6-7,9,13H,5,8,10-11H2,1-4H3,(H,22,23,24)/t13-/m0/s1. The van der Waals surface area contributed by atoms with Gasteiger partial charge < -0.3 is 4.74 Å². The quantitative estimate of drug-likeness (QED) is 0.770. The van der Waals surface area contributed by atoms with Gasteiger partial charge in [-0.25, -0.2) is 4.98 Å². The zero-order valence-electron chi connectivity index (χ0n) is 15.7. The Hall–Kier alpha value is -1.59. The van der Waals surface area contributed by atoms with Crippen LogP contribution in [-0.4, -0.2) is 17.5 Å². The van der Waals surface area contributed by atoms with Crippen LogP contribution >= 0.6 is 22.9 Å². The van der Waals surface area contributed by atoms with Gasteiger partial charge in [-0.3, -0.25) is 10.1 Å². The van der Waals surface area contributed by atoms with Crippen molar-refractivity contribution in [2.45, 2.75) is 47.0 Å². The van der Waals surface area contributed by atoms with Crippen LogP contribution in [-0.2, 0) is 17.6 Å². The molecule has 1 aliphatic rings. The maximum atomic E-state index is 12.2. The van der Waals surface area contributed by atoms with Crippen molar-refractivity contribution in [2.75, 3.05) is 11.9 Å². The third kappa shape index (κ3) is 4.57. The van der Waals surface area contributed by atoms with Gasteiger partial charge in [-0.05, 0) is 61.3 Å². The van der Waals surface area contributed by atoms with Gasteiger partial charge in [0.05, 0.1) is 5.69 Å². The number of halogens is 1. The van der Waals surface area contributed by atoms with E-state index in [9.17, 15) is 4.79 Å². The molecule has 0 bridgehead atoms. The largest absolute Gasteiger partial charge is 0.484 e. The molecule has 1 amide bonds. The van der Waals surface area contributed by atoms with Crippen molar-refractivity contribution in [3.8, 4) is 5.75 Å². The molecule has 1 atom stereocenters. The van der Waals surface area contributed by atoms with E-state index < -0.39 is 0 Å². The summed E-state index contributed by atoms with van der Waals surface area (Å²) in [6.07, 6.45) is 3.20. The summed E-state index contributed by atoms with van der Waals surface area (Å²) in [6.45, 7) is 8.74. The molecule has 6 heteroatoms. The Morgan fingerprint density at radius 3 is 2.88 bits per heavy atom. The molecular formula is C20H25ClN2O2S. The molecule has 1 aromatic heterocycles. The number of fused-ring (bicyclic) bond motifs is 1. The van der Waals surface area contributed by atoms with Gasteiger partial charge in [-0.15, -0.1) is 11.3 Å². The van der Waals surface area contributed by atoms with E-state index in [1.54, 1.807) is 23.5 Å². The van der Waals surface area contributed by atoms with E-state index in [0.717, 1.165) is 30.5 Å². The van der Waals surface area contributed by atoms with Gasteiger partial charge in [-0.2, -0.15) is 0 Å². The molecule has 26 heavy (non-hydrogen) atoms. The third-order valence-corrected chi connectivity index (χ3v) is 6.37. The predicted molar refractivity (Wildman–Crippen MR) is 107 cm³/mol. The Kier molecular flexibility index (Phi) is 5.58. The highest BCUT2D eigenvalue weighted by molar-refractivity contribution is 7.15. The van der Waals surface area contributed by atoms with E-state index in [1.807, 2.05) is 13.0 Å². The van der Waals surface area contributed by atoms with Crippen LogP contribution in [0.1, 0.15) is 43.3 Å². The fourth-order valence-corrected chi connectivity index (χ4v) is 4.40. The van der Waals surface area contributed by atoms with Gasteiger partial charge in [0.25, 0.3) is 5.91 Å². The third-order valence-electron chi connectivity index (χ3n) is 4.91. The highest BCUT2D eigenvalue weighted by atomic mass is 35.5. The highest BCUT2D eigenvalue weighted by Gasteiger charge is 2.30. The minimum Gasteiger partial charge on any atom is -0.484 e. The molecule has 1 heterocycles. The lowest BCUT2D eigenvalue weighted by molar-refractivity contribution is -0.118. The molecule has 0 unspecified atom stereocenters. The van der Waals surface area contributed by atoms with Crippen LogP contribution < -0.4 is 10.1 Å². The molecule has 3 rings (SSSR count). The first-order valence-corrected chi connectivity index (χ1v) is 10.1. The number of carbonyl (C=O) groups excluding carboxylic acids is 1. The minimum atomic E-state index is -0.198. The summed E-state index contributed by atoms with van der Waals surface area (Å²) in [6, 6.07) is 5.35. The lowest BCUT2D eigenvalue weighted by Crippen LogP contribution is -2.26. The average Bonchev–Trinajstić information content (AvgIpc) is 2.96. The monoisotopic (exact) mass is 392 g/mol. The zero-order valence-corrected chi connectivity index (χ0v) is 17.3. The molecule has 0 saturated carbocycles. The van der Waals surface area contributed by atoms with E-state index in [-0.39, 0.29) is 12.5 Å². The molecule has 1 N–H and O–H groups in total. The molecule has 140 valence electrons. The first-order chi connectivity index (χ1) is 12.2. The predicted octanol–water partition coefficient (Wildman–Crippen LogP) is 5.27. The van der Waals surface area contributed by atoms with Crippen LogP contribution in [0, 0.1) is 18.3 Å². The SMILES string of the molecule is Cc1cc(OCC(=O)Nc2nc3c(s2)C[C@@H](C(C)(C)C)CC3)ccc1Cl. The second kappa shape index (κ2) is 7.57. The molecule has 2 aromatic rings. The molecule has 1 aliphatic carbocycles. The van der Waals surface area contributed by atoms with E-state index in [1.165, 1.54) is 4.88 Å². The van der Waals surface area contributed by atoms with E-state index in [0.29, 0.717) is 27.2 Å². The zero-order chi connectivity index (χ0) is 18.9. The van der Waals surface area contributed by atoms with E-state index in [4.69, 9.17) is 16.3 Å². The Morgan fingerprint density at radius 1 is 1.42 bits per heavy atom. The summed E-state index contributed by atoms with van der Waals surface area (Å²) in [5.41, 5.74) is 2.36. The number of nitrogens with zero attached hydrogens (tertiary/aromatic N) is 1. The Balaban J connectivity index is 1.57. The number of anilines is 1. The summed E-state index contributed by atoms with van der Waals surface area (Å²) in [5.74, 6) is 1.10. The minimum absolute atomic E-state index is 0.0457. The fourth-order valence-electron chi connectivity index (χ4n) is 3.18. The van der Waals surface area contributed by atoms with Crippen LogP contribution in [0.25, 0.3) is 0 Å². The van der Waals surface area contributed by atoms with Crippen molar-refractivity contribution in [3.63, 3.8) is 0 Å². The fraction of sp³-hybridized carbons (Fsp3) is 0.500. The number of rotatable bonds is 4. The summed E-state index contributed by atoms with van der Waals surface area (Å²) in [5, 5.41) is 4.22. The van der Waals surface area contributed by atoms with Crippen molar-refractivity contribution in [1.29, 1.82) is 0 Å². The summed E-state index contributed by atoms with van der Waals surface area (Å²) < 4.78 is 5.55. The van der Waals surface area contributed by atoms with Crippen molar-refractivity contribution in [2.24, 2.45) is 11.3 Å². The van der Waals surface area contributed by atoms with Crippen LogP contribution in [0.5, 0.6) is 5.75 Å². The number of carbonyl (C=O) groups is 1. The smallest absolute Gasteiger partial charge is 0.264 e. The Labute approximate surface area is 163 Å². The van der Waals surface area contributed by atoms with Gasteiger partial charge >= 0.3 is 0 Å².